The van der Waals surface area contributed by atoms with Crippen molar-refractivity contribution in [1.29, 1.82) is 0 Å². The minimum Gasteiger partial charge on any atom is -0.281 e. The molecule has 0 aromatic heterocycles. The van der Waals surface area contributed by atoms with Crippen molar-refractivity contribution in [2.45, 2.75) is 17.6 Å². The molecule has 1 unspecified atom stereocenters. The molecule has 0 aliphatic carbocycles. The van der Waals surface area contributed by atoms with Crippen molar-refractivity contribution in [3.8, 4) is 0 Å². The van der Waals surface area contributed by atoms with Crippen LogP contribution in [0.2, 0.25) is 5.02 Å². The Bertz CT molecular complexity index is 542. The van der Waals surface area contributed by atoms with Gasteiger partial charge in [0, 0.05) is 5.02 Å². The van der Waals surface area contributed by atoms with E-state index in [0.717, 1.165) is 10.3 Å². The molecule has 0 heterocycles. The van der Waals surface area contributed by atoms with Crippen molar-refractivity contribution in [2.24, 2.45) is 0 Å². The summed E-state index contributed by atoms with van der Waals surface area (Å²) in [6.07, 6.45) is -4.90. The first-order chi connectivity index (χ1) is 9.23. The molecule has 1 aromatic carbocycles. The monoisotopic (exact) mass is 376 g/mol. The van der Waals surface area contributed by atoms with Crippen LogP contribution in [0.5, 0.6) is 0 Å². The Morgan fingerprint density at radius 1 is 1.10 bits per heavy atom. The van der Waals surface area contributed by atoms with E-state index >= 15 is 0 Å². The second kappa shape index (κ2) is 7.13. The van der Waals surface area contributed by atoms with Crippen LogP contribution in [0.1, 0.15) is 0 Å². The van der Waals surface area contributed by atoms with Crippen molar-refractivity contribution in [1.82, 2.24) is 0 Å². The topological polar surface area (TPSA) is 54.4 Å². The molecule has 0 aliphatic rings. The number of benzene rings is 1. The fourth-order valence-corrected chi connectivity index (χ4v) is 1.51. The van der Waals surface area contributed by atoms with E-state index in [2.05, 4.69) is 9.24 Å². The maximum atomic E-state index is 11.9. The van der Waals surface area contributed by atoms with Crippen LogP contribution in [0.4, 0.5) is 26.3 Å². The summed E-state index contributed by atoms with van der Waals surface area (Å²) < 4.78 is 96.5. The van der Waals surface area contributed by atoms with Gasteiger partial charge in [0.2, 0.25) is 0 Å². The average molecular weight is 377 g/mol. The van der Waals surface area contributed by atoms with Gasteiger partial charge in [-0.05, 0) is 17.4 Å². The summed E-state index contributed by atoms with van der Waals surface area (Å²) >= 11 is 5.60. The van der Waals surface area contributed by atoms with E-state index in [4.69, 9.17) is 16.2 Å². The standard InChI is InChI=1S/C6H6ClP.C3H2F6O3S/c7-5-1-3-6(8)4-2-5;4-1(5)2(6,7)3(8,9)13(10,11)12/h1-4H,8H2;1H,(H,10,11,12). The summed E-state index contributed by atoms with van der Waals surface area (Å²) in [4.78, 5) is 0. The van der Waals surface area contributed by atoms with E-state index in [0.29, 0.717) is 0 Å². The Balaban J connectivity index is 0.000000423. The minimum absolute atomic E-state index is 0.788. The van der Waals surface area contributed by atoms with Crippen molar-refractivity contribution >= 4 is 36.3 Å². The van der Waals surface area contributed by atoms with Gasteiger partial charge in [-0.15, -0.1) is 9.24 Å². The SMILES string of the molecule is O=S(=O)(O)C(F)(F)C(F)(F)C(F)F.Pc1ccc(Cl)cc1. The lowest BCUT2D eigenvalue weighted by atomic mass is 10.4. The van der Waals surface area contributed by atoms with E-state index in [9.17, 15) is 34.8 Å². The zero-order chi connectivity index (χ0) is 17.1. The highest BCUT2D eigenvalue weighted by atomic mass is 35.5. The Hall–Kier alpha value is -0.570. The second-order valence-corrected chi connectivity index (χ2v) is 6.03. The van der Waals surface area contributed by atoms with Gasteiger partial charge in [0.15, 0.2) is 0 Å². The molecule has 0 saturated carbocycles. The van der Waals surface area contributed by atoms with E-state index in [1.165, 1.54) is 0 Å². The quantitative estimate of drug-likeness (QED) is 0.501. The van der Waals surface area contributed by atoms with Crippen molar-refractivity contribution in [3.63, 3.8) is 0 Å². The smallest absolute Gasteiger partial charge is 0.281 e. The Morgan fingerprint density at radius 2 is 1.48 bits per heavy atom. The highest BCUT2D eigenvalue weighted by molar-refractivity contribution is 7.87. The third kappa shape index (κ3) is 5.28. The molecule has 0 radical (unpaired) electrons. The first kappa shape index (κ1) is 20.4. The fourth-order valence-electron chi connectivity index (χ4n) is 0.762. The summed E-state index contributed by atoms with van der Waals surface area (Å²) in [6.45, 7) is 0. The van der Waals surface area contributed by atoms with Crippen molar-refractivity contribution in [3.05, 3.63) is 29.3 Å². The largest absolute Gasteiger partial charge is 0.437 e. The molecule has 1 aromatic rings. The van der Waals surface area contributed by atoms with Gasteiger partial charge < -0.3 is 0 Å². The zero-order valence-corrected chi connectivity index (χ0v) is 12.5. The lowest BCUT2D eigenvalue weighted by Crippen LogP contribution is -2.51. The predicted molar refractivity (Wildman–Crippen MR) is 68.2 cm³/mol. The van der Waals surface area contributed by atoms with E-state index in [1.807, 2.05) is 24.3 Å². The summed E-state index contributed by atoms with van der Waals surface area (Å²) in [5.41, 5.74) is 0. The molecule has 12 heteroatoms. The van der Waals surface area contributed by atoms with Crippen LogP contribution in [0.15, 0.2) is 24.3 Å². The first-order valence-electron chi connectivity index (χ1n) is 4.75. The lowest BCUT2D eigenvalue weighted by molar-refractivity contribution is -0.227. The molecule has 3 nitrogen and oxygen atoms in total. The van der Waals surface area contributed by atoms with Crippen LogP contribution >= 0.6 is 20.8 Å². The molecule has 0 amide bonds. The van der Waals surface area contributed by atoms with Gasteiger partial charge in [-0.3, -0.25) is 4.55 Å². The fraction of sp³-hybridized carbons (Fsp3) is 0.333. The summed E-state index contributed by atoms with van der Waals surface area (Å²) in [5.74, 6) is -6.12. The molecule has 21 heavy (non-hydrogen) atoms. The Labute approximate surface area is 123 Å². The second-order valence-electron chi connectivity index (χ2n) is 3.47. The van der Waals surface area contributed by atoms with Gasteiger partial charge >= 0.3 is 27.7 Å². The molecule has 1 N–H and O–H groups in total. The molecule has 0 saturated heterocycles. The first-order valence-corrected chi connectivity index (χ1v) is 7.15. The number of rotatable bonds is 3. The lowest BCUT2D eigenvalue weighted by Gasteiger charge is -2.22. The van der Waals surface area contributed by atoms with Gasteiger partial charge in [-0.2, -0.15) is 26.0 Å². The van der Waals surface area contributed by atoms with Gasteiger partial charge in [-0.1, -0.05) is 23.7 Å². The van der Waals surface area contributed by atoms with E-state index in [1.54, 1.807) is 0 Å². The third-order valence-electron chi connectivity index (χ3n) is 1.86. The molecule has 0 aliphatic heterocycles. The molecule has 122 valence electrons. The molecule has 0 fully saturated rings. The number of alkyl halides is 6. The number of hydrogen-bond acceptors (Lipinski definition) is 2. The number of halogens is 7. The third-order valence-corrected chi connectivity index (χ3v) is 3.41. The zero-order valence-electron chi connectivity index (χ0n) is 9.78. The molecule has 1 rings (SSSR count). The van der Waals surface area contributed by atoms with Crippen LogP contribution in [-0.4, -0.2) is 30.6 Å². The summed E-state index contributed by atoms with van der Waals surface area (Å²) in [5, 5.41) is -4.25. The van der Waals surface area contributed by atoms with Crippen molar-refractivity contribution < 1.29 is 39.3 Å². The maximum Gasteiger partial charge on any atom is 0.437 e. The van der Waals surface area contributed by atoms with Crippen LogP contribution in [0.25, 0.3) is 0 Å². The molecule has 0 bridgehead atoms. The van der Waals surface area contributed by atoms with Crippen LogP contribution in [-0.2, 0) is 10.1 Å². The summed E-state index contributed by atoms with van der Waals surface area (Å²) in [6, 6.07) is 7.63. The summed E-state index contributed by atoms with van der Waals surface area (Å²) in [7, 11) is -3.98. The van der Waals surface area contributed by atoms with Gasteiger partial charge in [0.05, 0.1) is 0 Å². The molecule has 1 atom stereocenters. The average Bonchev–Trinajstić information content (AvgIpc) is 2.32. The normalized spacial score (nSPS) is 12.9. The van der Waals surface area contributed by atoms with Crippen LogP contribution in [0.3, 0.4) is 0 Å². The van der Waals surface area contributed by atoms with Crippen LogP contribution in [0, 0.1) is 0 Å². The Morgan fingerprint density at radius 3 is 1.67 bits per heavy atom. The molecular formula is C9H8ClF6O3PS. The Kier molecular flexibility index (Phi) is 6.93. The molecule has 0 spiro atoms. The van der Waals surface area contributed by atoms with Gasteiger partial charge in [0.25, 0.3) is 0 Å². The van der Waals surface area contributed by atoms with E-state index in [-0.39, 0.29) is 0 Å². The molecular weight excluding hydrogens is 369 g/mol. The number of hydrogen-bond donors (Lipinski definition) is 1. The van der Waals surface area contributed by atoms with Crippen LogP contribution < -0.4 is 5.30 Å². The minimum atomic E-state index is -6.57. The predicted octanol–water partition coefficient (Wildman–Crippen LogP) is 3.21. The van der Waals surface area contributed by atoms with Crippen molar-refractivity contribution in [2.75, 3.05) is 0 Å². The highest BCUT2D eigenvalue weighted by Gasteiger charge is 2.70. The van der Waals surface area contributed by atoms with E-state index < -0.39 is 27.7 Å². The van der Waals surface area contributed by atoms with Gasteiger partial charge in [-0.25, -0.2) is 8.78 Å². The highest BCUT2D eigenvalue weighted by Crippen LogP contribution is 2.42. The maximum absolute atomic E-state index is 11.9. The van der Waals surface area contributed by atoms with Gasteiger partial charge in [0.1, 0.15) is 0 Å².